The number of ether oxygens (including phenoxy) is 1. The molecule has 1 aromatic carbocycles. The highest BCUT2D eigenvalue weighted by Crippen LogP contribution is 2.36. The summed E-state index contributed by atoms with van der Waals surface area (Å²) in [4.78, 5) is 16.2. The number of carbonyl (C=O) groups is 1. The van der Waals surface area contributed by atoms with Crippen LogP contribution >= 0.6 is 11.6 Å². The number of rotatable bonds is 7. The zero-order chi connectivity index (χ0) is 19.2. The number of amides is 1. The van der Waals surface area contributed by atoms with Crippen LogP contribution < -0.4 is 10.6 Å². The standard InChI is InChI=1S/C17H17ClF3N3O2/c1-26-8-2-6-22-11-5-7-23-15(10-11)16(25)24-12-3-4-14(18)13(9-12)17(19,20)21/h3-5,7,9-10H,2,6,8H2,1H3,(H,22,23)(H,24,25). The Balaban J connectivity index is 2.08. The van der Waals surface area contributed by atoms with Crippen molar-refractivity contribution in [1.29, 1.82) is 0 Å². The number of hydrogen-bond donors (Lipinski definition) is 2. The van der Waals surface area contributed by atoms with E-state index in [0.29, 0.717) is 18.8 Å². The first-order chi connectivity index (χ1) is 12.3. The van der Waals surface area contributed by atoms with E-state index >= 15 is 0 Å². The van der Waals surface area contributed by atoms with Crippen molar-refractivity contribution in [3.63, 3.8) is 0 Å². The number of aromatic nitrogens is 1. The van der Waals surface area contributed by atoms with Crippen molar-refractivity contribution in [1.82, 2.24) is 4.98 Å². The van der Waals surface area contributed by atoms with Gasteiger partial charge in [0.1, 0.15) is 5.69 Å². The maximum absolute atomic E-state index is 12.9. The number of halogens is 4. The first kappa shape index (κ1) is 20.0. The summed E-state index contributed by atoms with van der Waals surface area (Å²) in [5, 5.41) is 5.07. The third-order valence-electron chi connectivity index (χ3n) is 3.38. The van der Waals surface area contributed by atoms with E-state index in [-0.39, 0.29) is 11.4 Å². The van der Waals surface area contributed by atoms with E-state index in [9.17, 15) is 18.0 Å². The molecule has 9 heteroatoms. The van der Waals surface area contributed by atoms with Gasteiger partial charge in [-0.15, -0.1) is 0 Å². The molecule has 1 heterocycles. The molecule has 140 valence electrons. The Labute approximate surface area is 153 Å². The Morgan fingerprint density at radius 2 is 2.00 bits per heavy atom. The Morgan fingerprint density at radius 1 is 1.23 bits per heavy atom. The second kappa shape index (κ2) is 8.86. The van der Waals surface area contributed by atoms with Crippen molar-refractivity contribution < 1.29 is 22.7 Å². The van der Waals surface area contributed by atoms with Crippen LogP contribution in [0.2, 0.25) is 5.02 Å². The predicted molar refractivity (Wildman–Crippen MR) is 93.6 cm³/mol. The molecule has 0 spiro atoms. The smallest absolute Gasteiger partial charge is 0.385 e. The van der Waals surface area contributed by atoms with Gasteiger partial charge in [0, 0.05) is 37.8 Å². The van der Waals surface area contributed by atoms with Crippen LogP contribution in [0.4, 0.5) is 24.5 Å². The number of hydrogen-bond acceptors (Lipinski definition) is 4. The zero-order valence-corrected chi connectivity index (χ0v) is 14.6. The summed E-state index contributed by atoms with van der Waals surface area (Å²) in [7, 11) is 1.61. The molecule has 0 bridgehead atoms. The van der Waals surface area contributed by atoms with E-state index in [4.69, 9.17) is 16.3 Å². The molecule has 2 N–H and O–H groups in total. The second-order valence-electron chi connectivity index (χ2n) is 5.35. The van der Waals surface area contributed by atoms with Crippen LogP contribution in [0.1, 0.15) is 22.5 Å². The van der Waals surface area contributed by atoms with Crippen molar-refractivity contribution in [2.24, 2.45) is 0 Å². The fourth-order valence-corrected chi connectivity index (χ4v) is 2.35. The molecule has 0 aliphatic carbocycles. The highest BCUT2D eigenvalue weighted by molar-refractivity contribution is 6.31. The van der Waals surface area contributed by atoms with Crippen molar-refractivity contribution in [2.75, 3.05) is 30.9 Å². The fourth-order valence-electron chi connectivity index (χ4n) is 2.13. The lowest BCUT2D eigenvalue weighted by Gasteiger charge is -2.12. The van der Waals surface area contributed by atoms with Crippen LogP contribution in [0.3, 0.4) is 0 Å². The largest absolute Gasteiger partial charge is 0.417 e. The van der Waals surface area contributed by atoms with Gasteiger partial charge in [0.15, 0.2) is 0 Å². The van der Waals surface area contributed by atoms with Crippen LogP contribution in [0.15, 0.2) is 36.5 Å². The summed E-state index contributed by atoms with van der Waals surface area (Å²) in [6.07, 6.45) is -2.38. The number of alkyl halides is 3. The molecule has 0 saturated carbocycles. The number of benzene rings is 1. The molecule has 1 amide bonds. The second-order valence-corrected chi connectivity index (χ2v) is 5.76. The Morgan fingerprint density at radius 3 is 2.69 bits per heavy atom. The predicted octanol–water partition coefficient (Wildman–Crippen LogP) is 4.45. The Bertz CT molecular complexity index is 769. The number of nitrogens with zero attached hydrogens (tertiary/aromatic N) is 1. The lowest BCUT2D eigenvalue weighted by molar-refractivity contribution is -0.137. The summed E-state index contributed by atoms with van der Waals surface area (Å²) in [6.45, 7) is 1.24. The van der Waals surface area contributed by atoms with Crippen molar-refractivity contribution >= 4 is 28.9 Å². The molecular weight excluding hydrogens is 371 g/mol. The number of anilines is 2. The van der Waals surface area contributed by atoms with E-state index in [0.717, 1.165) is 18.6 Å². The molecule has 0 aliphatic heterocycles. The lowest BCUT2D eigenvalue weighted by Crippen LogP contribution is -2.15. The molecule has 0 saturated heterocycles. The van der Waals surface area contributed by atoms with Crippen LogP contribution in [-0.4, -0.2) is 31.2 Å². The molecule has 0 unspecified atom stereocenters. The van der Waals surface area contributed by atoms with E-state index in [2.05, 4.69) is 15.6 Å². The maximum atomic E-state index is 12.9. The highest BCUT2D eigenvalue weighted by atomic mass is 35.5. The van der Waals surface area contributed by atoms with E-state index in [1.807, 2.05) is 0 Å². The monoisotopic (exact) mass is 387 g/mol. The number of methoxy groups -OCH3 is 1. The summed E-state index contributed by atoms with van der Waals surface area (Å²) in [6, 6.07) is 6.37. The van der Waals surface area contributed by atoms with Gasteiger partial charge in [-0.05, 0) is 36.8 Å². The van der Waals surface area contributed by atoms with Gasteiger partial charge in [0.25, 0.3) is 5.91 Å². The molecule has 0 aliphatic rings. The number of nitrogens with one attached hydrogen (secondary N) is 2. The summed E-state index contributed by atoms with van der Waals surface area (Å²) in [5.41, 5.74) is -0.288. The van der Waals surface area contributed by atoms with Crippen molar-refractivity contribution in [2.45, 2.75) is 12.6 Å². The molecule has 2 rings (SSSR count). The average molecular weight is 388 g/mol. The summed E-state index contributed by atoms with van der Waals surface area (Å²) in [5.74, 6) is -0.624. The van der Waals surface area contributed by atoms with Crippen LogP contribution in [0.25, 0.3) is 0 Å². The summed E-state index contributed by atoms with van der Waals surface area (Å²) < 4.78 is 43.6. The van der Waals surface area contributed by atoms with Crippen molar-refractivity contribution in [3.8, 4) is 0 Å². The fraction of sp³-hybridized carbons (Fsp3) is 0.294. The molecule has 26 heavy (non-hydrogen) atoms. The van der Waals surface area contributed by atoms with Gasteiger partial charge in [0.2, 0.25) is 0 Å². The van der Waals surface area contributed by atoms with Crippen LogP contribution in [0, 0.1) is 0 Å². The quantitative estimate of drug-likeness (QED) is 0.689. The first-order valence-electron chi connectivity index (χ1n) is 7.68. The minimum Gasteiger partial charge on any atom is -0.385 e. The summed E-state index contributed by atoms with van der Waals surface area (Å²) >= 11 is 5.56. The van der Waals surface area contributed by atoms with Crippen molar-refractivity contribution in [3.05, 3.63) is 52.8 Å². The highest BCUT2D eigenvalue weighted by Gasteiger charge is 2.33. The maximum Gasteiger partial charge on any atom is 0.417 e. The van der Waals surface area contributed by atoms with E-state index < -0.39 is 22.7 Å². The number of pyridine rings is 1. The Kier molecular flexibility index (Phi) is 6.82. The molecular formula is C17H17ClF3N3O2. The molecule has 0 radical (unpaired) electrons. The van der Waals surface area contributed by atoms with Gasteiger partial charge in [-0.3, -0.25) is 9.78 Å². The minimum atomic E-state index is -4.61. The third kappa shape index (κ3) is 5.60. The molecule has 2 aromatic rings. The van der Waals surface area contributed by atoms with Gasteiger partial charge >= 0.3 is 6.18 Å². The molecule has 1 aromatic heterocycles. The topological polar surface area (TPSA) is 63.2 Å². The van der Waals surface area contributed by atoms with Gasteiger partial charge in [-0.2, -0.15) is 13.2 Å². The third-order valence-corrected chi connectivity index (χ3v) is 3.71. The normalized spacial score (nSPS) is 11.3. The molecule has 0 atom stereocenters. The van der Waals surface area contributed by atoms with Crippen LogP contribution in [-0.2, 0) is 10.9 Å². The minimum absolute atomic E-state index is 0.0213. The van der Waals surface area contributed by atoms with Gasteiger partial charge in [-0.25, -0.2) is 0 Å². The first-order valence-corrected chi connectivity index (χ1v) is 8.06. The van der Waals surface area contributed by atoms with E-state index in [1.165, 1.54) is 18.3 Å². The van der Waals surface area contributed by atoms with Gasteiger partial charge in [0.05, 0.1) is 10.6 Å². The van der Waals surface area contributed by atoms with E-state index in [1.54, 1.807) is 13.2 Å². The van der Waals surface area contributed by atoms with Crippen LogP contribution in [0.5, 0.6) is 0 Å². The molecule has 0 fully saturated rings. The zero-order valence-electron chi connectivity index (χ0n) is 13.9. The lowest BCUT2D eigenvalue weighted by atomic mass is 10.2. The average Bonchev–Trinajstić information content (AvgIpc) is 2.59. The van der Waals surface area contributed by atoms with Gasteiger partial charge in [-0.1, -0.05) is 11.6 Å². The SMILES string of the molecule is COCCCNc1ccnc(C(=O)Nc2ccc(Cl)c(C(F)(F)F)c2)c1. The van der Waals surface area contributed by atoms with Gasteiger partial charge < -0.3 is 15.4 Å². The Hall–Kier alpha value is -2.32. The number of carbonyl (C=O) groups excluding carboxylic acids is 1. The molecule has 5 nitrogen and oxygen atoms in total.